The summed E-state index contributed by atoms with van der Waals surface area (Å²) in [5.74, 6) is -0.295. The molecule has 0 unspecified atom stereocenters. The molecule has 3 nitrogen and oxygen atoms in total. The van der Waals surface area contributed by atoms with Crippen LogP contribution in [0.2, 0.25) is 0 Å². The van der Waals surface area contributed by atoms with Gasteiger partial charge in [-0.05, 0) is 39.3 Å². The van der Waals surface area contributed by atoms with Crippen molar-refractivity contribution in [3.8, 4) is 5.75 Å². The Labute approximate surface area is 107 Å². The Bertz CT molecular complexity index is 478. The molecule has 0 aliphatic heterocycles. The third-order valence-corrected chi connectivity index (χ3v) is 3.19. The van der Waals surface area contributed by atoms with Gasteiger partial charge in [-0.2, -0.15) is 0 Å². The molecule has 4 heteroatoms. The first-order valence-corrected chi connectivity index (χ1v) is 5.70. The van der Waals surface area contributed by atoms with Gasteiger partial charge in [-0.1, -0.05) is 0 Å². The van der Waals surface area contributed by atoms with Crippen molar-refractivity contribution in [1.29, 1.82) is 0 Å². The van der Waals surface area contributed by atoms with Crippen molar-refractivity contribution in [2.75, 3.05) is 14.2 Å². The average Bonchev–Trinajstić information content (AvgIpc) is 2.34. The molecule has 0 aliphatic carbocycles. The number of aryl methyl sites for hydroxylation is 1. The second-order valence-electron chi connectivity index (χ2n) is 4.83. The van der Waals surface area contributed by atoms with Crippen molar-refractivity contribution in [3.05, 3.63) is 28.6 Å². The molecule has 0 bridgehead atoms. The summed E-state index contributed by atoms with van der Waals surface area (Å²) in [6.45, 7) is 6.76. The normalized spacial score (nSPS) is 11.3. The molecule has 100 valence electrons. The number of rotatable bonds is 3. The molecule has 0 aliphatic rings. The van der Waals surface area contributed by atoms with E-state index in [4.69, 9.17) is 9.47 Å². The van der Waals surface area contributed by atoms with Crippen molar-refractivity contribution in [3.63, 3.8) is 0 Å². The highest BCUT2D eigenvalue weighted by atomic mass is 19.1. The number of hydrogen-bond acceptors (Lipinski definition) is 3. The highest BCUT2D eigenvalue weighted by molar-refractivity contribution is 5.83. The fraction of sp³-hybridized carbons (Fsp3) is 0.500. The summed E-state index contributed by atoms with van der Waals surface area (Å²) in [4.78, 5) is 11.8. The van der Waals surface area contributed by atoms with E-state index in [1.165, 1.54) is 14.2 Å². The number of carbonyl (C=O) groups excluding carboxylic acids is 1. The maximum atomic E-state index is 13.8. The summed E-state index contributed by atoms with van der Waals surface area (Å²) < 4.78 is 23.9. The van der Waals surface area contributed by atoms with Crippen LogP contribution in [0.3, 0.4) is 0 Å². The van der Waals surface area contributed by atoms with Crippen LogP contribution < -0.4 is 4.74 Å². The molecule has 0 spiro atoms. The molecule has 0 radical (unpaired) electrons. The molecular formula is C14H19FO3. The molecule has 1 aromatic carbocycles. The third-order valence-electron chi connectivity index (χ3n) is 3.19. The van der Waals surface area contributed by atoms with Gasteiger partial charge in [0.05, 0.1) is 19.6 Å². The van der Waals surface area contributed by atoms with Crippen molar-refractivity contribution in [2.45, 2.75) is 33.1 Å². The minimum absolute atomic E-state index is 0.309. The number of halogens is 1. The van der Waals surface area contributed by atoms with E-state index < -0.39 is 5.41 Å². The van der Waals surface area contributed by atoms with Gasteiger partial charge in [0.25, 0.3) is 0 Å². The van der Waals surface area contributed by atoms with Gasteiger partial charge in [0.15, 0.2) is 0 Å². The molecule has 0 fully saturated rings. The molecular weight excluding hydrogens is 235 g/mol. The van der Waals surface area contributed by atoms with Crippen LogP contribution in [-0.2, 0) is 14.9 Å². The van der Waals surface area contributed by atoms with Gasteiger partial charge < -0.3 is 9.47 Å². The predicted molar refractivity (Wildman–Crippen MR) is 67.5 cm³/mol. The highest BCUT2D eigenvalue weighted by Gasteiger charge is 2.35. The first kappa shape index (κ1) is 14.5. The van der Waals surface area contributed by atoms with E-state index in [1.807, 2.05) is 0 Å². The van der Waals surface area contributed by atoms with Crippen molar-refractivity contribution in [2.24, 2.45) is 0 Å². The van der Waals surface area contributed by atoms with Gasteiger partial charge in [0.1, 0.15) is 11.6 Å². The molecule has 18 heavy (non-hydrogen) atoms. The summed E-state index contributed by atoms with van der Waals surface area (Å²) in [5.41, 5.74) is 0.640. The smallest absolute Gasteiger partial charge is 0.315 e. The minimum Gasteiger partial charge on any atom is -0.496 e. The molecule has 0 aromatic heterocycles. The van der Waals surface area contributed by atoms with E-state index in [1.54, 1.807) is 33.8 Å². The Morgan fingerprint density at radius 1 is 1.28 bits per heavy atom. The lowest BCUT2D eigenvalue weighted by molar-refractivity contribution is -0.146. The zero-order chi connectivity index (χ0) is 14.1. The van der Waals surface area contributed by atoms with Crippen molar-refractivity contribution in [1.82, 2.24) is 0 Å². The lowest BCUT2D eigenvalue weighted by Gasteiger charge is -2.26. The number of benzene rings is 1. The molecule has 0 saturated heterocycles. The summed E-state index contributed by atoms with van der Waals surface area (Å²) >= 11 is 0. The average molecular weight is 254 g/mol. The molecule has 0 atom stereocenters. The van der Waals surface area contributed by atoms with Gasteiger partial charge in [-0.15, -0.1) is 0 Å². The second kappa shape index (κ2) is 4.96. The van der Waals surface area contributed by atoms with Crippen molar-refractivity contribution < 1.29 is 18.7 Å². The summed E-state index contributed by atoms with van der Waals surface area (Å²) in [6.07, 6.45) is 0. The fourth-order valence-electron chi connectivity index (χ4n) is 2.04. The molecule has 0 N–H and O–H groups in total. The van der Waals surface area contributed by atoms with Crippen LogP contribution in [0.4, 0.5) is 4.39 Å². The van der Waals surface area contributed by atoms with E-state index in [-0.39, 0.29) is 11.8 Å². The fourth-order valence-corrected chi connectivity index (χ4v) is 2.04. The van der Waals surface area contributed by atoms with Gasteiger partial charge in [0, 0.05) is 11.1 Å². The SMILES string of the molecule is COC(=O)C(C)(C)c1cc(C)c(F)c(C)c1OC. The molecule has 0 amide bonds. The van der Waals surface area contributed by atoms with E-state index in [9.17, 15) is 9.18 Å². The Kier molecular flexibility index (Phi) is 3.99. The van der Waals surface area contributed by atoms with Crippen LogP contribution in [0.25, 0.3) is 0 Å². The second-order valence-corrected chi connectivity index (χ2v) is 4.83. The monoisotopic (exact) mass is 254 g/mol. The van der Waals surface area contributed by atoms with E-state index >= 15 is 0 Å². The van der Waals surface area contributed by atoms with Crippen LogP contribution in [0, 0.1) is 19.7 Å². The summed E-state index contributed by atoms with van der Waals surface area (Å²) in [7, 11) is 2.80. The number of hydrogen-bond donors (Lipinski definition) is 0. The van der Waals surface area contributed by atoms with E-state index in [0.717, 1.165) is 0 Å². The third kappa shape index (κ3) is 2.19. The Balaban J connectivity index is 3.54. The van der Waals surface area contributed by atoms with Crippen LogP contribution in [0.5, 0.6) is 5.75 Å². The number of esters is 1. The summed E-state index contributed by atoms with van der Waals surface area (Å²) in [5, 5.41) is 0. The Hall–Kier alpha value is -1.58. The van der Waals surface area contributed by atoms with Gasteiger partial charge >= 0.3 is 5.97 Å². The predicted octanol–water partition coefficient (Wildman–Crippen LogP) is 2.90. The standard InChI is InChI=1S/C14H19FO3/c1-8-7-10(14(3,4)13(16)18-6)12(17-5)9(2)11(8)15/h7H,1-6H3. The zero-order valence-corrected chi connectivity index (χ0v) is 11.7. The number of ether oxygens (including phenoxy) is 2. The van der Waals surface area contributed by atoms with Gasteiger partial charge in [-0.25, -0.2) is 4.39 Å². The minimum atomic E-state index is -0.886. The lowest BCUT2D eigenvalue weighted by Crippen LogP contribution is -2.31. The van der Waals surface area contributed by atoms with Crippen molar-refractivity contribution >= 4 is 5.97 Å². The largest absolute Gasteiger partial charge is 0.496 e. The van der Waals surface area contributed by atoms with E-state index in [2.05, 4.69) is 0 Å². The maximum Gasteiger partial charge on any atom is 0.315 e. The lowest BCUT2D eigenvalue weighted by atomic mass is 9.82. The summed E-state index contributed by atoms with van der Waals surface area (Å²) in [6, 6.07) is 1.64. The molecule has 1 aromatic rings. The quantitative estimate of drug-likeness (QED) is 0.778. The van der Waals surface area contributed by atoms with Gasteiger partial charge in [0.2, 0.25) is 0 Å². The van der Waals surface area contributed by atoms with E-state index in [0.29, 0.717) is 22.4 Å². The molecule has 0 heterocycles. The highest BCUT2D eigenvalue weighted by Crippen LogP contribution is 2.37. The van der Waals surface area contributed by atoms with Gasteiger partial charge in [-0.3, -0.25) is 4.79 Å². The van der Waals surface area contributed by atoms with Crippen LogP contribution in [0.15, 0.2) is 6.07 Å². The zero-order valence-electron chi connectivity index (χ0n) is 11.7. The maximum absolute atomic E-state index is 13.8. The van der Waals surface area contributed by atoms with Crippen LogP contribution in [-0.4, -0.2) is 20.2 Å². The number of carbonyl (C=O) groups is 1. The first-order valence-electron chi connectivity index (χ1n) is 5.70. The Morgan fingerprint density at radius 3 is 2.28 bits per heavy atom. The first-order chi connectivity index (χ1) is 8.27. The topological polar surface area (TPSA) is 35.5 Å². The molecule has 0 saturated carbocycles. The van der Waals surface area contributed by atoms with Crippen LogP contribution >= 0.6 is 0 Å². The number of methoxy groups -OCH3 is 2. The van der Waals surface area contributed by atoms with Crippen LogP contribution in [0.1, 0.15) is 30.5 Å². The molecule has 1 rings (SSSR count). The Morgan fingerprint density at radius 2 is 1.83 bits per heavy atom.